The summed E-state index contributed by atoms with van der Waals surface area (Å²) in [6, 6.07) is 4.74. The van der Waals surface area contributed by atoms with Crippen LogP contribution in [0.1, 0.15) is 25.7 Å². The SMILES string of the molecule is COc1cc(-c2cn(C(=O)N(C)C3CCCC3)cn2)ccc1F. The molecule has 3 rings (SSSR count). The van der Waals surface area contributed by atoms with Gasteiger partial charge in [0.2, 0.25) is 0 Å². The fourth-order valence-electron chi connectivity index (χ4n) is 3.03. The van der Waals surface area contributed by atoms with Crippen LogP contribution in [0.4, 0.5) is 9.18 Å². The zero-order valence-corrected chi connectivity index (χ0v) is 13.3. The van der Waals surface area contributed by atoms with Crippen molar-refractivity contribution in [3.05, 3.63) is 36.5 Å². The van der Waals surface area contributed by atoms with Crippen molar-refractivity contribution < 1.29 is 13.9 Å². The number of rotatable bonds is 3. The van der Waals surface area contributed by atoms with E-state index in [4.69, 9.17) is 4.74 Å². The van der Waals surface area contributed by atoms with E-state index in [0.29, 0.717) is 17.3 Å². The van der Waals surface area contributed by atoms with Gasteiger partial charge in [-0.15, -0.1) is 0 Å². The molecule has 0 radical (unpaired) electrons. The van der Waals surface area contributed by atoms with Crippen molar-refractivity contribution in [1.82, 2.24) is 14.5 Å². The molecule has 5 nitrogen and oxygen atoms in total. The summed E-state index contributed by atoms with van der Waals surface area (Å²) in [6.07, 6.45) is 7.62. The van der Waals surface area contributed by atoms with Crippen LogP contribution in [0, 0.1) is 5.82 Å². The highest BCUT2D eigenvalue weighted by atomic mass is 19.1. The molecule has 0 N–H and O–H groups in total. The van der Waals surface area contributed by atoms with E-state index in [1.165, 1.54) is 36.9 Å². The van der Waals surface area contributed by atoms with Crippen molar-refractivity contribution in [2.75, 3.05) is 14.2 Å². The zero-order valence-electron chi connectivity index (χ0n) is 13.3. The molecule has 2 aromatic rings. The van der Waals surface area contributed by atoms with Gasteiger partial charge >= 0.3 is 6.03 Å². The van der Waals surface area contributed by atoms with Gasteiger partial charge in [0.15, 0.2) is 11.6 Å². The number of benzene rings is 1. The number of nitrogens with zero attached hydrogens (tertiary/aromatic N) is 3. The molecule has 23 heavy (non-hydrogen) atoms. The molecule has 1 aliphatic carbocycles. The van der Waals surface area contributed by atoms with Crippen molar-refractivity contribution in [1.29, 1.82) is 0 Å². The third kappa shape index (κ3) is 3.06. The smallest absolute Gasteiger partial charge is 0.329 e. The van der Waals surface area contributed by atoms with Gasteiger partial charge in [0.1, 0.15) is 6.33 Å². The Bertz CT molecular complexity index is 708. The molecule has 1 aromatic carbocycles. The summed E-state index contributed by atoms with van der Waals surface area (Å²) in [5.41, 5.74) is 1.31. The van der Waals surface area contributed by atoms with Gasteiger partial charge in [0.05, 0.1) is 12.8 Å². The van der Waals surface area contributed by atoms with Crippen LogP contribution in [0.5, 0.6) is 5.75 Å². The Kier molecular flexibility index (Phi) is 4.32. The largest absolute Gasteiger partial charge is 0.494 e. The van der Waals surface area contributed by atoms with Gasteiger partial charge in [0.25, 0.3) is 0 Å². The van der Waals surface area contributed by atoms with Gasteiger partial charge in [-0.2, -0.15) is 0 Å². The number of carbonyl (C=O) groups is 1. The Labute approximate surface area is 134 Å². The first kappa shape index (κ1) is 15.5. The molecule has 0 atom stereocenters. The first-order valence-corrected chi connectivity index (χ1v) is 7.75. The van der Waals surface area contributed by atoms with E-state index in [-0.39, 0.29) is 11.8 Å². The molecule has 0 saturated heterocycles. The van der Waals surface area contributed by atoms with Crippen molar-refractivity contribution >= 4 is 6.03 Å². The van der Waals surface area contributed by atoms with Crippen LogP contribution in [0.3, 0.4) is 0 Å². The Morgan fingerprint density at radius 3 is 2.83 bits per heavy atom. The summed E-state index contributed by atoms with van der Waals surface area (Å²) < 4.78 is 19.9. The Balaban J connectivity index is 1.81. The average Bonchev–Trinajstić information content (AvgIpc) is 3.25. The highest BCUT2D eigenvalue weighted by Crippen LogP contribution is 2.26. The monoisotopic (exact) mass is 317 g/mol. The second-order valence-corrected chi connectivity index (χ2v) is 5.85. The lowest BCUT2D eigenvalue weighted by Gasteiger charge is -2.23. The number of aromatic nitrogens is 2. The van der Waals surface area contributed by atoms with Crippen LogP contribution in [0.25, 0.3) is 11.3 Å². The average molecular weight is 317 g/mol. The lowest BCUT2D eigenvalue weighted by molar-refractivity contribution is 0.192. The summed E-state index contributed by atoms with van der Waals surface area (Å²) in [5.74, 6) is -0.265. The van der Waals surface area contributed by atoms with E-state index in [2.05, 4.69) is 4.98 Å². The van der Waals surface area contributed by atoms with Crippen molar-refractivity contribution in [2.24, 2.45) is 0 Å². The number of methoxy groups -OCH3 is 1. The fourth-order valence-corrected chi connectivity index (χ4v) is 3.03. The second-order valence-electron chi connectivity index (χ2n) is 5.85. The number of ether oxygens (including phenoxy) is 1. The minimum absolute atomic E-state index is 0.0928. The van der Waals surface area contributed by atoms with Gasteiger partial charge in [0, 0.05) is 24.8 Å². The maximum absolute atomic E-state index is 13.5. The topological polar surface area (TPSA) is 47.4 Å². The van der Waals surface area contributed by atoms with E-state index >= 15 is 0 Å². The first-order valence-electron chi connectivity index (χ1n) is 7.75. The fraction of sp³-hybridized carbons (Fsp3) is 0.412. The number of hydrogen-bond donors (Lipinski definition) is 0. The van der Waals surface area contributed by atoms with Crippen molar-refractivity contribution in [2.45, 2.75) is 31.7 Å². The summed E-state index contributed by atoms with van der Waals surface area (Å²) in [5, 5.41) is 0. The number of hydrogen-bond acceptors (Lipinski definition) is 3. The number of imidazole rings is 1. The van der Waals surface area contributed by atoms with Crippen molar-refractivity contribution in [3.63, 3.8) is 0 Å². The minimum atomic E-state index is -0.423. The van der Waals surface area contributed by atoms with Gasteiger partial charge in [-0.1, -0.05) is 12.8 Å². The molecule has 1 amide bonds. The molecule has 1 saturated carbocycles. The first-order chi connectivity index (χ1) is 11.1. The third-order valence-electron chi connectivity index (χ3n) is 4.42. The highest BCUT2D eigenvalue weighted by Gasteiger charge is 2.24. The van der Waals surface area contributed by atoms with E-state index in [9.17, 15) is 9.18 Å². The third-order valence-corrected chi connectivity index (χ3v) is 4.42. The van der Waals surface area contributed by atoms with Gasteiger partial charge in [-0.25, -0.2) is 14.2 Å². The van der Waals surface area contributed by atoms with Crippen LogP contribution in [-0.4, -0.2) is 40.7 Å². The number of halogens is 1. The van der Waals surface area contributed by atoms with Crippen molar-refractivity contribution in [3.8, 4) is 17.0 Å². The molecule has 1 aromatic heterocycles. The van der Waals surface area contributed by atoms with E-state index in [0.717, 1.165) is 12.8 Å². The molecule has 0 unspecified atom stereocenters. The predicted octanol–water partition coefficient (Wildman–Crippen LogP) is 3.54. The molecule has 1 aliphatic rings. The van der Waals surface area contributed by atoms with Gasteiger partial charge in [-0.3, -0.25) is 4.57 Å². The quantitative estimate of drug-likeness (QED) is 0.870. The predicted molar refractivity (Wildman–Crippen MR) is 85.0 cm³/mol. The minimum Gasteiger partial charge on any atom is -0.494 e. The van der Waals surface area contributed by atoms with E-state index in [1.54, 1.807) is 23.2 Å². The molecule has 1 heterocycles. The molecule has 6 heteroatoms. The van der Waals surface area contributed by atoms with Crippen LogP contribution in [0.2, 0.25) is 0 Å². The number of amides is 1. The summed E-state index contributed by atoms with van der Waals surface area (Å²) in [6.45, 7) is 0. The van der Waals surface area contributed by atoms with Crippen LogP contribution in [-0.2, 0) is 0 Å². The maximum atomic E-state index is 13.5. The Morgan fingerprint density at radius 1 is 1.39 bits per heavy atom. The van der Waals surface area contributed by atoms with Crippen LogP contribution >= 0.6 is 0 Å². The molecular weight excluding hydrogens is 297 g/mol. The lowest BCUT2D eigenvalue weighted by atomic mass is 10.1. The number of carbonyl (C=O) groups excluding carboxylic acids is 1. The molecule has 0 bridgehead atoms. The maximum Gasteiger partial charge on any atom is 0.329 e. The normalized spacial score (nSPS) is 14.9. The lowest BCUT2D eigenvalue weighted by Crippen LogP contribution is -2.37. The van der Waals surface area contributed by atoms with E-state index < -0.39 is 5.82 Å². The standard InChI is InChI=1S/C17H20FN3O2/c1-20(13-5-3-4-6-13)17(22)21-10-15(19-11-21)12-7-8-14(18)16(9-12)23-2/h7-11,13H,3-6H2,1-2H3. The Hall–Kier alpha value is -2.37. The van der Waals surface area contributed by atoms with Crippen LogP contribution < -0.4 is 4.74 Å². The van der Waals surface area contributed by atoms with Gasteiger partial charge in [-0.05, 0) is 31.0 Å². The molecular formula is C17H20FN3O2. The summed E-state index contributed by atoms with van der Waals surface area (Å²) in [4.78, 5) is 18.6. The highest BCUT2D eigenvalue weighted by molar-refractivity contribution is 5.78. The Morgan fingerprint density at radius 2 is 2.13 bits per heavy atom. The molecule has 0 aliphatic heterocycles. The zero-order chi connectivity index (χ0) is 16.4. The molecule has 0 spiro atoms. The molecule has 1 fully saturated rings. The van der Waals surface area contributed by atoms with Crippen LogP contribution in [0.15, 0.2) is 30.7 Å². The molecule has 122 valence electrons. The summed E-state index contributed by atoms with van der Waals surface area (Å²) >= 11 is 0. The second kappa shape index (κ2) is 6.40. The van der Waals surface area contributed by atoms with E-state index in [1.807, 2.05) is 7.05 Å². The summed E-state index contributed by atoms with van der Waals surface area (Å²) in [7, 11) is 3.25. The van der Waals surface area contributed by atoms with Gasteiger partial charge < -0.3 is 9.64 Å².